The number of benzene rings is 2. The van der Waals surface area contributed by atoms with Crippen LogP contribution in [0.2, 0.25) is 5.02 Å². The number of hydrogen-bond acceptors (Lipinski definition) is 3. The van der Waals surface area contributed by atoms with Gasteiger partial charge in [-0.15, -0.1) is 0 Å². The van der Waals surface area contributed by atoms with Crippen LogP contribution in [0, 0.1) is 5.82 Å². The molecule has 2 aromatic rings. The van der Waals surface area contributed by atoms with E-state index in [0.717, 1.165) is 18.5 Å². The van der Waals surface area contributed by atoms with Crippen LogP contribution >= 0.6 is 11.6 Å². The Morgan fingerprint density at radius 3 is 2.81 bits per heavy atom. The molecule has 3 aliphatic heterocycles. The number of carbonyl (C=O) groups is 1. The molecule has 6 heteroatoms. The van der Waals surface area contributed by atoms with E-state index in [2.05, 4.69) is 4.90 Å². The molecular formula is C21H20ClFN2O2. The number of halogens is 2. The van der Waals surface area contributed by atoms with Crippen LogP contribution in [0.4, 0.5) is 4.39 Å². The van der Waals surface area contributed by atoms with Gasteiger partial charge in [0, 0.05) is 36.5 Å². The van der Waals surface area contributed by atoms with Gasteiger partial charge in [-0.1, -0.05) is 48.0 Å². The fourth-order valence-corrected chi connectivity index (χ4v) is 4.97. The summed E-state index contributed by atoms with van der Waals surface area (Å²) >= 11 is 5.86. The van der Waals surface area contributed by atoms with Gasteiger partial charge in [0.1, 0.15) is 11.9 Å². The monoisotopic (exact) mass is 386 g/mol. The molecule has 3 atom stereocenters. The molecule has 3 aliphatic rings. The molecule has 3 heterocycles. The van der Waals surface area contributed by atoms with Crippen LogP contribution < -0.4 is 0 Å². The number of rotatable bonds is 3. The van der Waals surface area contributed by atoms with Crippen LogP contribution in [-0.2, 0) is 16.1 Å². The molecule has 0 aliphatic carbocycles. The normalized spacial score (nSPS) is 30.0. The molecule has 1 amide bonds. The van der Waals surface area contributed by atoms with Crippen molar-refractivity contribution in [1.82, 2.24) is 9.80 Å². The van der Waals surface area contributed by atoms with E-state index in [9.17, 15) is 9.18 Å². The molecule has 4 nitrogen and oxygen atoms in total. The van der Waals surface area contributed by atoms with Gasteiger partial charge in [0.15, 0.2) is 5.72 Å². The standard InChI is InChI=1S/C21H20ClFN2O2/c22-16-7-6-15(17(23)10-16)12-24-9-8-21-19(24)11-20(26)25(21)13-18(27-21)14-4-2-1-3-5-14/h1-7,10,18-19H,8-9,11-13H2/t18-,19-,21+/m1/s1. The molecule has 3 saturated heterocycles. The number of carbonyl (C=O) groups excluding carboxylic acids is 1. The van der Waals surface area contributed by atoms with E-state index in [0.29, 0.717) is 30.1 Å². The van der Waals surface area contributed by atoms with Crippen molar-refractivity contribution >= 4 is 17.5 Å². The molecule has 0 bridgehead atoms. The Bertz CT molecular complexity index is 893. The van der Waals surface area contributed by atoms with E-state index in [1.165, 1.54) is 6.07 Å². The van der Waals surface area contributed by atoms with E-state index in [1.807, 2.05) is 35.2 Å². The van der Waals surface area contributed by atoms with E-state index >= 15 is 0 Å². The average Bonchev–Trinajstić information content (AvgIpc) is 3.28. The van der Waals surface area contributed by atoms with Crippen molar-refractivity contribution in [1.29, 1.82) is 0 Å². The van der Waals surface area contributed by atoms with Crippen molar-refractivity contribution in [2.24, 2.45) is 0 Å². The van der Waals surface area contributed by atoms with Crippen LogP contribution in [0.3, 0.4) is 0 Å². The van der Waals surface area contributed by atoms with Gasteiger partial charge in [-0.25, -0.2) is 4.39 Å². The Morgan fingerprint density at radius 1 is 1.22 bits per heavy atom. The van der Waals surface area contributed by atoms with E-state index in [1.54, 1.807) is 12.1 Å². The lowest BCUT2D eigenvalue weighted by Gasteiger charge is -2.32. The molecule has 0 saturated carbocycles. The Balaban J connectivity index is 1.40. The summed E-state index contributed by atoms with van der Waals surface area (Å²) in [6.45, 7) is 1.82. The predicted molar refractivity (Wildman–Crippen MR) is 99.6 cm³/mol. The van der Waals surface area contributed by atoms with Gasteiger partial charge in [-0.3, -0.25) is 9.69 Å². The molecule has 0 unspecified atom stereocenters. The molecule has 5 rings (SSSR count). The highest BCUT2D eigenvalue weighted by atomic mass is 35.5. The smallest absolute Gasteiger partial charge is 0.226 e. The first-order chi connectivity index (χ1) is 13.1. The molecule has 3 fully saturated rings. The third-order valence-corrected chi connectivity index (χ3v) is 6.33. The molecule has 27 heavy (non-hydrogen) atoms. The average molecular weight is 387 g/mol. The summed E-state index contributed by atoms with van der Waals surface area (Å²) in [6.07, 6.45) is 1.07. The Hall–Kier alpha value is -1.95. The third kappa shape index (κ3) is 2.68. The van der Waals surface area contributed by atoms with Crippen molar-refractivity contribution in [3.05, 3.63) is 70.5 Å². The molecule has 140 valence electrons. The summed E-state index contributed by atoms with van der Waals surface area (Å²) in [5.41, 5.74) is 1.11. The van der Waals surface area contributed by atoms with Gasteiger partial charge in [0.25, 0.3) is 0 Å². The van der Waals surface area contributed by atoms with Gasteiger partial charge in [0.2, 0.25) is 5.91 Å². The first kappa shape index (κ1) is 17.2. The molecule has 1 spiro atoms. The van der Waals surface area contributed by atoms with Gasteiger partial charge in [0.05, 0.1) is 12.6 Å². The molecule has 0 N–H and O–H groups in total. The topological polar surface area (TPSA) is 32.8 Å². The van der Waals surface area contributed by atoms with Crippen LogP contribution in [0.25, 0.3) is 0 Å². The number of ether oxygens (including phenoxy) is 1. The van der Waals surface area contributed by atoms with Crippen LogP contribution in [0.15, 0.2) is 48.5 Å². The zero-order valence-electron chi connectivity index (χ0n) is 14.8. The number of amides is 1. The zero-order valence-corrected chi connectivity index (χ0v) is 15.5. The second kappa shape index (κ2) is 6.30. The van der Waals surface area contributed by atoms with Gasteiger partial charge >= 0.3 is 0 Å². The maximum atomic E-state index is 14.3. The highest BCUT2D eigenvalue weighted by molar-refractivity contribution is 6.30. The van der Waals surface area contributed by atoms with Crippen molar-refractivity contribution in [3.63, 3.8) is 0 Å². The molecule has 0 radical (unpaired) electrons. The van der Waals surface area contributed by atoms with E-state index in [4.69, 9.17) is 16.3 Å². The lowest BCUT2D eigenvalue weighted by atomic mass is 10.1. The summed E-state index contributed by atoms with van der Waals surface area (Å²) < 4.78 is 20.8. The molecule has 2 aromatic carbocycles. The highest BCUT2D eigenvalue weighted by Crippen LogP contribution is 2.50. The van der Waals surface area contributed by atoms with Crippen LogP contribution in [0.1, 0.15) is 30.1 Å². The van der Waals surface area contributed by atoms with Crippen molar-refractivity contribution < 1.29 is 13.9 Å². The second-order valence-corrected chi connectivity index (χ2v) is 7.98. The minimum Gasteiger partial charge on any atom is -0.344 e. The summed E-state index contributed by atoms with van der Waals surface area (Å²) in [6, 6.07) is 14.8. The summed E-state index contributed by atoms with van der Waals surface area (Å²) in [7, 11) is 0. The van der Waals surface area contributed by atoms with Crippen LogP contribution in [0.5, 0.6) is 0 Å². The lowest BCUT2D eigenvalue weighted by molar-refractivity contribution is -0.138. The SMILES string of the molecule is O=C1C[C@H]2N(Cc3ccc(Cl)cc3F)CC[C@]23O[C@@H](c2ccccc2)CN13. The van der Waals surface area contributed by atoms with E-state index < -0.39 is 5.72 Å². The van der Waals surface area contributed by atoms with Crippen molar-refractivity contribution in [3.8, 4) is 0 Å². The Morgan fingerprint density at radius 2 is 2.04 bits per heavy atom. The van der Waals surface area contributed by atoms with Gasteiger partial charge in [-0.2, -0.15) is 0 Å². The number of hydrogen-bond donors (Lipinski definition) is 0. The largest absolute Gasteiger partial charge is 0.344 e. The number of nitrogens with zero attached hydrogens (tertiary/aromatic N) is 2. The van der Waals surface area contributed by atoms with Gasteiger partial charge < -0.3 is 9.64 Å². The fraction of sp³-hybridized carbons (Fsp3) is 0.381. The van der Waals surface area contributed by atoms with E-state index in [-0.39, 0.29) is 23.9 Å². The van der Waals surface area contributed by atoms with Crippen molar-refractivity contribution in [2.45, 2.75) is 37.3 Å². The predicted octanol–water partition coefficient (Wildman–Crippen LogP) is 3.75. The quantitative estimate of drug-likeness (QED) is 0.805. The zero-order chi connectivity index (χ0) is 18.6. The van der Waals surface area contributed by atoms with Crippen LogP contribution in [-0.4, -0.2) is 40.6 Å². The Labute approximate surface area is 162 Å². The van der Waals surface area contributed by atoms with Gasteiger partial charge in [-0.05, 0) is 17.7 Å². The second-order valence-electron chi connectivity index (χ2n) is 7.54. The lowest BCUT2D eigenvalue weighted by Crippen LogP contribution is -2.47. The summed E-state index contributed by atoms with van der Waals surface area (Å²) in [5, 5.41) is 0.390. The maximum absolute atomic E-state index is 14.3. The first-order valence-electron chi connectivity index (χ1n) is 9.28. The summed E-state index contributed by atoms with van der Waals surface area (Å²) in [5.74, 6) is -0.182. The van der Waals surface area contributed by atoms with Crippen molar-refractivity contribution in [2.75, 3.05) is 13.1 Å². The molecule has 0 aromatic heterocycles. The minimum atomic E-state index is -0.583. The highest BCUT2D eigenvalue weighted by Gasteiger charge is 2.63. The first-order valence-corrected chi connectivity index (χ1v) is 9.66. The minimum absolute atomic E-state index is 0.0474. The third-order valence-electron chi connectivity index (χ3n) is 6.10. The Kier molecular flexibility index (Phi) is 4.00. The summed E-state index contributed by atoms with van der Waals surface area (Å²) in [4.78, 5) is 16.8. The fourth-order valence-electron chi connectivity index (χ4n) is 4.81. The number of likely N-dealkylation sites (tertiary alicyclic amines) is 1. The maximum Gasteiger partial charge on any atom is 0.226 e. The molecular weight excluding hydrogens is 367 g/mol.